The summed E-state index contributed by atoms with van der Waals surface area (Å²) in [6.45, 7) is 0. The van der Waals surface area contributed by atoms with E-state index < -0.39 is 0 Å². The van der Waals surface area contributed by atoms with Crippen molar-refractivity contribution in [3.05, 3.63) is 78.1 Å². The molecule has 5 aromatic rings. The summed E-state index contributed by atoms with van der Waals surface area (Å²) < 4.78 is 2.02. The second kappa shape index (κ2) is 7.92. The number of hydrogen-bond donors (Lipinski definition) is 1. The standard InChI is InChI=1S/C26H22ClN5/c27-21-10-5-15-32-24(22-13-14-28-26(30-22)29-20-8-3-4-9-20)23(31-25(21)32)19-12-11-17-6-1-2-7-18(17)16-19/h1-2,5-7,10-16,20H,3-4,8-9H2,(H,28,29,30). The van der Waals surface area contributed by atoms with Crippen LogP contribution in [-0.4, -0.2) is 25.4 Å². The van der Waals surface area contributed by atoms with Gasteiger partial charge in [-0.1, -0.05) is 60.8 Å². The van der Waals surface area contributed by atoms with Gasteiger partial charge in [-0.15, -0.1) is 0 Å². The van der Waals surface area contributed by atoms with Crippen LogP contribution in [0.3, 0.4) is 0 Å². The van der Waals surface area contributed by atoms with Crippen LogP contribution in [0.15, 0.2) is 73.1 Å². The Kier molecular flexibility index (Phi) is 4.76. The Morgan fingerprint density at radius 1 is 0.906 bits per heavy atom. The molecule has 3 heterocycles. The first-order valence-electron chi connectivity index (χ1n) is 11.0. The number of halogens is 1. The van der Waals surface area contributed by atoms with Gasteiger partial charge in [0, 0.05) is 24.0 Å². The van der Waals surface area contributed by atoms with E-state index in [9.17, 15) is 0 Å². The summed E-state index contributed by atoms with van der Waals surface area (Å²) in [5.41, 5.74) is 4.33. The minimum Gasteiger partial charge on any atom is -0.351 e. The number of rotatable bonds is 4. The van der Waals surface area contributed by atoms with Crippen molar-refractivity contribution in [1.82, 2.24) is 19.4 Å². The molecule has 0 saturated heterocycles. The van der Waals surface area contributed by atoms with Gasteiger partial charge in [0.1, 0.15) is 0 Å². The lowest BCUT2D eigenvalue weighted by Crippen LogP contribution is -2.16. The summed E-state index contributed by atoms with van der Waals surface area (Å²) in [5, 5.41) is 6.49. The average molecular weight is 440 g/mol. The van der Waals surface area contributed by atoms with Crippen LogP contribution in [0.2, 0.25) is 5.02 Å². The molecule has 0 unspecified atom stereocenters. The van der Waals surface area contributed by atoms with Crippen LogP contribution in [0.5, 0.6) is 0 Å². The number of nitrogens with zero attached hydrogens (tertiary/aromatic N) is 4. The lowest BCUT2D eigenvalue weighted by atomic mass is 10.0. The van der Waals surface area contributed by atoms with Crippen LogP contribution in [0.25, 0.3) is 39.1 Å². The molecule has 1 N–H and O–H groups in total. The quantitative estimate of drug-likeness (QED) is 0.342. The van der Waals surface area contributed by atoms with E-state index in [2.05, 4.69) is 52.8 Å². The van der Waals surface area contributed by atoms with Crippen LogP contribution < -0.4 is 5.32 Å². The molecule has 3 aromatic heterocycles. The molecule has 1 fully saturated rings. The van der Waals surface area contributed by atoms with Gasteiger partial charge in [-0.05, 0) is 47.9 Å². The molecule has 6 rings (SSSR count). The maximum atomic E-state index is 6.53. The molecule has 6 heteroatoms. The Morgan fingerprint density at radius 3 is 2.62 bits per heavy atom. The van der Waals surface area contributed by atoms with Gasteiger partial charge < -0.3 is 5.32 Å². The van der Waals surface area contributed by atoms with Crippen LogP contribution in [0, 0.1) is 0 Å². The third-order valence-electron chi connectivity index (χ3n) is 6.21. The van der Waals surface area contributed by atoms with E-state index in [0.717, 1.165) is 28.3 Å². The van der Waals surface area contributed by atoms with Crippen molar-refractivity contribution in [2.24, 2.45) is 0 Å². The fourth-order valence-electron chi connectivity index (χ4n) is 4.63. The molecule has 0 radical (unpaired) electrons. The van der Waals surface area contributed by atoms with Crippen molar-refractivity contribution in [3.8, 4) is 22.6 Å². The van der Waals surface area contributed by atoms with Crippen LogP contribution in [-0.2, 0) is 0 Å². The SMILES string of the molecule is Clc1cccn2c(-c3ccnc(NC4CCCC4)n3)c(-c3ccc4ccccc4c3)nc12. The highest BCUT2D eigenvalue weighted by Crippen LogP contribution is 2.35. The predicted octanol–water partition coefficient (Wildman–Crippen LogP) is 6.62. The van der Waals surface area contributed by atoms with E-state index in [1.54, 1.807) is 0 Å². The van der Waals surface area contributed by atoms with Gasteiger partial charge in [0.15, 0.2) is 5.65 Å². The van der Waals surface area contributed by atoms with E-state index in [4.69, 9.17) is 21.6 Å². The van der Waals surface area contributed by atoms with Crippen molar-refractivity contribution in [2.75, 3.05) is 5.32 Å². The lowest BCUT2D eigenvalue weighted by Gasteiger charge is -2.13. The summed E-state index contributed by atoms with van der Waals surface area (Å²) in [6, 6.07) is 20.9. The first-order chi connectivity index (χ1) is 15.8. The van der Waals surface area contributed by atoms with Crippen molar-refractivity contribution in [1.29, 1.82) is 0 Å². The first-order valence-corrected chi connectivity index (χ1v) is 11.4. The number of anilines is 1. The molecule has 0 aliphatic heterocycles. The molecule has 5 nitrogen and oxygen atoms in total. The minimum atomic E-state index is 0.446. The summed E-state index contributed by atoms with van der Waals surface area (Å²) in [7, 11) is 0. The fraction of sp³-hybridized carbons (Fsp3) is 0.192. The van der Waals surface area contributed by atoms with E-state index >= 15 is 0 Å². The van der Waals surface area contributed by atoms with Gasteiger partial charge in [0.2, 0.25) is 5.95 Å². The zero-order valence-corrected chi connectivity index (χ0v) is 18.3. The lowest BCUT2D eigenvalue weighted by molar-refractivity contribution is 0.744. The van der Waals surface area contributed by atoms with Crippen LogP contribution in [0.1, 0.15) is 25.7 Å². The molecule has 0 atom stereocenters. The number of imidazole rings is 1. The Labute approximate surface area is 191 Å². The van der Waals surface area contributed by atoms with Gasteiger partial charge in [-0.25, -0.2) is 15.0 Å². The van der Waals surface area contributed by atoms with Crippen molar-refractivity contribution < 1.29 is 0 Å². The Balaban J connectivity index is 1.53. The highest BCUT2D eigenvalue weighted by molar-refractivity contribution is 6.33. The fourth-order valence-corrected chi connectivity index (χ4v) is 4.84. The molecule has 1 saturated carbocycles. The molecule has 0 spiro atoms. The Hall–Kier alpha value is -3.44. The molecule has 2 aromatic carbocycles. The molecule has 158 valence electrons. The normalized spacial score (nSPS) is 14.4. The molecule has 1 aliphatic carbocycles. The maximum Gasteiger partial charge on any atom is 0.223 e. The Bertz CT molecular complexity index is 1440. The van der Waals surface area contributed by atoms with Gasteiger partial charge in [0.25, 0.3) is 0 Å². The number of hydrogen-bond acceptors (Lipinski definition) is 4. The molecule has 0 bridgehead atoms. The summed E-state index contributed by atoms with van der Waals surface area (Å²) in [5.74, 6) is 0.663. The van der Waals surface area contributed by atoms with E-state index in [1.807, 2.05) is 35.0 Å². The molecule has 0 amide bonds. The third kappa shape index (κ3) is 3.39. The highest BCUT2D eigenvalue weighted by Gasteiger charge is 2.20. The zero-order valence-electron chi connectivity index (χ0n) is 17.5. The van der Waals surface area contributed by atoms with Gasteiger partial charge in [-0.2, -0.15) is 0 Å². The predicted molar refractivity (Wildman–Crippen MR) is 130 cm³/mol. The number of nitrogens with one attached hydrogen (secondary N) is 1. The number of aromatic nitrogens is 4. The minimum absolute atomic E-state index is 0.446. The van der Waals surface area contributed by atoms with Gasteiger partial charge in [0.05, 0.1) is 22.1 Å². The van der Waals surface area contributed by atoms with Gasteiger partial charge in [-0.3, -0.25) is 4.40 Å². The topological polar surface area (TPSA) is 55.1 Å². The van der Waals surface area contributed by atoms with Crippen molar-refractivity contribution >= 4 is 34.0 Å². The second-order valence-corrected chi connectivity index (χ2v) is 8.72. The Morgan fingerprint density at radius 2 is 1.75 bits per heavy atom. The summed E-state index contributed by atoms with van der Waals surface area (Å²) in [4.78, 5) is 14.3. The van der Waals surface area contributed by atoms with E-state index in [-0.39, 0.29) is 0 Å². The van der Waals surface area contributed by atoms with E-state index in [1.165, 1.54) is 36.5 Å². The van der Waals surface area contributed by atoms with E-state index in [0.29, 0.717) is 17.0 Å². The molecule has 1 aliphatic rings. The average Bonchev–Trinajstić information content (AvgIpc) is 3.47. The van der Waals surface area contributed by atoms with Gasteiger partial charge >= 0.3 is 0 Å². The largest absolute Gasteiger partial charge is 0.351 e. The number of benzene rings is 2. The monoisotopic (exact) mass is 439 g/mol. The van der Waals surface area contributed by atoms with Crippen LogP contribution in [0.4, 0.5) is 5.95 Å². The first kappa shape index (κ1) is 19.3. The molecular weight excluding hydrogens is 418 g/mol. The summed E-state index contributed by atoms with van der Waals surface area (Å²) >= 11 is 6.53. The maximum absolute atomic E-state index is 6.53. The summed E-state index contributed by atoms with van der Waals surface area (Å²) in [6.07, 6.45) is 8.65. The number of pyridine rings is 1. The number of fused-ring (bicyclic) bond motifs is 2. The van der Waals surface area contributed by atoms with Crippen molar-refractivity contribution in [3.63, 3.8) is 0 Å². The van der Waals surface area contributed by atoms with Crippen LogP contribution >= 0.6 is 11.6 Å². The third-order valence-corrected chi connectivity index (χ3v) is 6.51. The van der Waals surface area contributed by atoms with Crippen molar-refractivity contribution in [2.45, 2.75) is 31.7 Å². The molecule has 32 heavy (non-hydrogen) atoms. The second-order valence-electron chi connectivity index (χ2n) is 8.31. The smallest absolute Gasteiger partial charge is 0.223 e. The zero-order chi connectivity index (χ0) is 21.5. The highest BCUT2D eigenvalue weighted by atomic mass is 35.5. The molecular formula is C26H22ClN5.